The molecule has 0 radical (unpaired) electrons. The van der Waals surface area contributed by atoms with Crippen LogP contribution in [0.5, 0.6) is 0 Å². The van der Waals surface area contributed by atoms with Gasteiger partial charge in [0.15, 0.2) is 5.82 Å². The Morgan fingerprint density at radius 2 is 2.13 bits per heavy atom. The number of pyridine rings is 1. The molecule has 0 aliphatic rings. The molecule has 0 atom stereocenters. The summed E-state index contributed by atoms with van der Waals surface area (Å²) < 4.78 is 1.74. The molecular weight excluding hydrogens is 316 g/mol. The summed E-state index contributed by atoms with van der Waals surface area (Å²) >= 11 is 5.92. The third-order valence-corrected chi connectivity index (χ3v) is 3.43. The molecule has 7 heteroatoms. The van der Waals surface area contributed by atoms with Crippen molar-refractivity contribution in [3.05, 3.63) is 58.9 Å². The Morgan fingerprint density at radius 1 is 1.30 bits per heavy atom. The van der Waals surface area contributed by atoms with Gasteiger partial charge >= 0.3 is 5.97 Å². The molecule has 0 unspecified atom stereocenters. The highest BCUT2D eigenvalue weighted by molar-refractivity contribution is 6.30. The van der Waals surface area contributed by atoms with Crippen molar-refractivity contribution in [1.82, 2.24) is 9.38 Å². The predicted molar refractivity (Wildman–Crippen MR) is 86.9 cm³/mol. The molecule has 0 amide bonds. The van der Waals surface area contributed by atoms with Crippen LogP contribution in [0.1, 0.15) is 11.3 Å². The number of imidazole rings is 1. The first-order valence-corrected chi connectivity index (χ1v) is 7.27. The largest absolute Gasteiger partial charge is 0.481 e. The van der Waals surface area contributed by atoms with Crippen LogP contribution in [0.15, 0.2) is 52.8 Å². The summed E-state index contributed by atoms with van der Waals surface area (Å²) in [6.45, 7) is 1.94. The molecule has 0 aliphatic heterocycles. The minimum Gasteiger partial charge on any atom is -0.481 e. The van der Waals surface area contributed by atoms with E-state index >= 15 is 0 Å². The summed E-state index contributed by atoms with van der Waals surface area (Å²) in [4.78, 5) is 15.4. The van der Waals surface area contributed by atoms with E-state index in [9.17, 15) is 4.79 Å². The lowest BCUT2D eigenvalue weighted by Gasteiger charge is -1.99. The van der Waals surface area contributed by atoms with E-state index in [1.807, 2.05) is 25.3 Å². The Labute approximate surface area is 137 Å². The molecule has 1 aromatic carbocycles. The van der Waals surface area contributed by atoms with E-state index in [-0.39, 0.29) is 6.42 Å². The second-order valence-corrected chi connectivity index (χ2v) is 5.50. The zero-order valence-electron chi connectivity index (χ0n) is 12.3. The SMILES string of the molecule is Cc1ccc2nc(CC(=O)O)c(N=Nc3cccc(Cl)c3)n2c1. The fraction of sp³-hybridized carbons (Fsp3) is 0.125. The monoisotopic (exact) mass is 328 g/mol. The number of aryl methyl sites for hydroxylation is 1. The van der Waals surface area contributed by atoms with Crippen molar-refractivity contribution in [2.75, 3.05) is 0 Å². The maximum absolute atomic E-state index is 11.0. The highest BCUT2D eigenvalue weighted by atomic mass is 35.5. The number of benzene rings is 1. The number of carboxylic acid groups (broad SMARTS) is 1. The van der Waals surface area contributed by atoms with Crippen LogP contribution in [0, 0.1) is 6.92 Å². The number of rotatable bonds is 4. The summed E-state index contributed by atoms with van der Waals surface area (Å²) in [7, 11) is 0. The van der Waals surface area contributed by atoms with Gasteiger partial charge in [-0.2, -0.15) is 0 Å². The van der Waals surface area contributed by atoms with Gasteiger partial charge < -0.3 is 5.11 Å². The van der Waals surface area contributed by atoms with E-state index < -0.39 is 5.97 Å². The van der Waals surface area contributed by atoms with Crippen LogP contribution >= 0.6 is 11.6 Å². The number of azo groups is 1. The molecule has 2 heterocycles. The average molecular weight is 329 g/mol. The van der Waals surface area contributed by atoms with Crippen molar-refractivity contribution in [3.8, 4) is 0 Å². The molecule has 23 heavy (non-hydrogen) atoms. The fourth-order valence-electron chi connectivity index (χ4n) is 2.20. The first-order valence-electron chi connectivity index (χ1n) is 6.89. The first-order chi connectivity index (χ1) is 11.0. The summed E-state index contributed by atoms with van der Waals surface area (Å²) in [5.41, 5.74) is 2.60. The standard InChI is InChI=1S/C16H13ClN4O2/c1-10-5-6-14-18-13(8-15(22)23)16(21(14)9-10)20-19-12-4-2-3-11(17)7-12/h2-7,9H,8H2,1H3,(H,22,23). The zero-order chi connectivity index (χ0) is 16.4. The molecule has 0 bridgehead atoms. The fourth-order valence-corrected chi connectivity index (χ4v) is 2.38. The van der Waals surface area contributed by atoms with Gasteiger partial charge in [-0.3, -0.25) is 9.20 Å². The minimum atomic E-state index is -0.968. The van der Waals surface area contributed by atoms with Crippen LogP contribution in [0.2, 0.25) is 5.02 Å². The summed E-state index contributed by atoms with van der Waals surface area (Å²) in [5, 5.41) is 18.0. The van der Waals surface area contributed by atoms with Gasteiger partial charge in [0, 0.05) is 11.2 Å². The molecule has 0 saturated carbocycles. The van der Waals surface area contributed by atoms with Crippen molar-refractivity contribution >= 4 is 34.7 Å². The lowest BCUT2D eigenvalue weighted by Crippen LogP contribution is -2.00. The van der Waals surface area contributed by atoms with Gasteiger partial charge in [-0.15, -0.1) is 10.2 Å². The molecule has 0 saturated heterocycles. The van der Waals surface area contributed by atoms with Crippen molar-refractivity contribution in [2.24, 2.45) is 10.2 Å². The highest BCUT2D eigenvalue weighted by Gasteiger charge is 2.15. The Kier molecular flexibility index (Phi) is 4.08. The highest BCUT2D eigenvalue weighted by Crippen LogP contribution is 2.26. The maximum Gasteiger partial charge on any atom is 0.309 e. The van der Waals surface area contributed by atoms with E-state index in [2.05, 4.69) is 15.2 Å². The van der Waals surface area contributed by atoms with Crippen molar-refractivity contribution in [2.45, 2.75) is 13.3 Å². The Bertz CT molecular complexity index is 918. The molecule has 1 N–H and O–H groups in total. The Hall–Kier alpha value is -2.73. The average Bonchev–Trinajstić information content (AvgIpc) is 2.81. The molecule has 0 aliphatic carbocycles. The molecule has 0 spiro atoms. The van der Waals surface area contributed by atoms with Gasteiger partial charge in [0.05, 0.1) is 17.8 Å². The molecular formula is C16H13ClN4O2. The number of aromatic nitrogens is 2. The first kappa shape index (κ1) is 15.2. The van der Waals surface area contributed by atoms with Crippen molar-refractivity contribution in [3.63, 3.8) is 0 Å². The van der Waals surface area contributed by atoms with Gasteiger partial charge in [-0.25, -0.2) is 4.98 Å². The Balaban J connectivity index is 2.09. The van der Waals surface area contributed by atoms with Gasteiger partial charge in [-0.1, -0.05) is 23.7 Å². The molecule has 3 aromatic rings. The number of halogens is 1. The second-order valence-electron chi connectivity index (χ2n) is 5.07. The summed E-state index contributed by atoms with van der Waals surface area (Å²) in [6.07, 6.45) is 1.63. The number of aliphatic carboxylic acids is 1. The third kappa shape index (κ3) is 3.37. The van der Waals surface area contributed by atoms with E-state index in [4.69, 9.17) is 16.7 Å². The summed E-state index contributed by atoms with van der Waals surface area (Å²) in [6, 6.07) is 10.7. The van der Waals surface area contributed by atoms with Crippen LogP contribution in [0.3, 0.4) is 0 Å². The third-order valence-electron chi connectivity index (χ3n) is 3.20. The van der Waals surface area contributed by atoms with E-state index in [1.165, 1.54) is 0 Å². The second kappa shape index (κ2) is 6.18. The lowest BCUT2D eigenvalue weighted by atomic mass is 10.3. The van der Waals surface area contributed by atoms with Gasteiger partial charge in [0.25, 0.3) is 0 Å². The number of carbonyl (C=O) groups is 1. The lowest BCUT2D eigenvalue weighted by molar-refractivity contribution is -0.136. The van der Waals surface area contributed by atoms with Crippen LogP contribution in [-0.4, -0.2) is 20.5 Å². The predicted octanol–water partition coefficient (Wildman–Crippen LogP) is 4.34. The normalized spacial score (nSPS) is 11.4. The molecule has 3 rings (SSSR count). The smallest absolute Gasteiger partial charge is 0.309 e. The number of hydrogen-bond donors (Lipinski definition) is 1. The van der Waals surface area contributed by atoms with E-state index in [0.717, 1.165) is 5.56 Å². The van der Waals surface area contributed by atoms with Gasteiger partial charge in [0.1, 0.15) is 5.65 Å². The van der Waals surface area contributed by atoms with E-state index in [0.29, 0.717) is 27.9 Å². The number of carboxylic acids is 1. The summed E-state index contributed by atoms with van der Waals surface area (Å²) in [5.74, 6) is -0.560. The van der Waals surface area contributed by atoms with Crippen LogP contribution in [-0.2, 0) is 11.2 Å². The van der Waals surface area contributed by atoms with Crippen molar-refractivity contribution in [1.29, 1.82) is 0 Å². The Morgan fingerprint density at radius 3 is 2.87 bits per heavy atom. The molecule has 0 fully saturated rings. The topological polar surface area (TPSA) is 79.3 Å². The molecule has 2 aromatic heterocycles. The van der Waals surface area contributed by atoms with Gasteiger partial charge in [0.2, 0.25) is 0 Å². The zero-order valence-corrected chi connectivity index (χ0v) is 13.0. The molecule has 116 valence electrons. The van der Waals surface area contributed by atoms with Crippen molar-refractivity contribution < 1.29 is 9.90 Å². The maximum atomic E-state index is 11.0. The minimum absolute atomic E-state index is 0.218. The van der Waals surface area contributed by atoms with Crippen LogP contribution < -0.4 is 0 Å². The van der Waals surface area contributed by atoms with Crippen LogP contribution in [0.25, 0.3) is 5.65 Å². The number of hydrogen-bond acceptors (Lipinski definition) is 4. The van der Waals surface area contributed by atoms with E-state index in [1.54, 1.807) is 28.7 Å². The quantitative estimate of drug-likeness (QED) is 0.723. The number of nitrogens with zero attached hydrogens (tertiary/aromatic N) is 4. The van der Waals surface area contributed by atoms with Gasteiger partial charge in [-0.05, 0) is 36.8 Å². The molecule has 6 nitrogen and oxygen atoms in total. The number of fused-ring (bicyclic) bond motifs is 1. The van der Waals surface area contributed by atoms with Crippen LogP contribution in [0.4, 0.5) is 11.5 Å².